The first-order valence-corrected chi connectivity index (χ1v) is 11.6. The molecule has 0 unspecified atom stereocenters. The Morgan fingerprint density at radius 3 is 2.43 bits per heavy atom. The van der Waals surface area contributed by atoms with Gasteiger partial charge in [0.15, 0.2) is 17.3 Å². The average molecular weight is 486 g/mol. The molecule has 0 radical (unpaired) electrons. The van der Waals surface area contributed by atoms with Crippen LogP contribution >= 0.6 is 0 Å². The molecule has 2 aliphatic rings. The molecule has 1 heterocycles. The Kier molecular flexibility index (Phi) is 7.99. The van der Waals surface area contributed by atoms with Crippen LogP contribution in [0.25, 0.3) is 0 Å². The molecule has 1 N–H and O–H groups in total. The second-order valence-electron chi connectivity index (χ2n) is 8.49. The molecule has 0 fully saturated rings. The summed E-state index contributed by atoms with van der Waals surface area (Å²) in [6.07, 6.45) is 0.425. The number of benzene rings is 1. The normalized spacial score (nSPS) is 21.7. The highest BCUT2D eigenvalue weighted by Crippen LogP contribution is 2.46. The fourth-order valence-corrected chi connectivity index (χ4v) is 4.70. The van der Waals surface area contributed by atoms with Crippen molar-refractivity contribution in [1.29, 1.82) is 0 Å². The Morgan fingerprint density at radius 2 is 1.83 bits per heavy atom. The Morgan fingerprint density at radius 1 is 1.11 bits per heavy atom. The van der Waals surface area contributed by atoms with Crippen molar-refractivity contribution in [3.8, 4) is 11.5 Å². The second kappa shape index (κ2) is 10.8. The summed E-state index contributed by atoms with van der Waals surface area (Å²) in [4.78, 5) is 50.9. The largest absolute Gasteiger partial charge is 0.490 e. The van der Waals surface area contributed by atoms with E-state index >= 15 is 0 Å². The lowest BCUT2D eigenvalue weighted by Crippen LogP contribution is -2.43. The van der Waals surface area contributed by atoms with E-state index < -0.39 is 35.5 Å². The van der Waals surface area contributed by atoms with Gasteiger partial charge in [0.25, 0.3) is 0 Å². The van der Waals surface area contributed by atoms with Crippen LogP contribution < -0.4 is 14.8 Å². The van der Waals surface area contributed by atoms with Gasteiger partial charge in [-0.1, -0.05) is 13.0 Å². The number of ether oxygens (including phenoxy) is 4. The highest BCUT2D eigenvalue weighted by molar-refractivity contribution is 6.12. The quantitative estimate of drug-likeness (QED) is 0.353. The summed E-state index contributed by atoms with van der Waals surface area (Å²) in [5, 5.41) is 3.21. The average Bonchev–Trinajstić information content (AvgIpc) is 2.79. The molecular weight excluding hydrogens is 454 g/mol. The molecule has 1 aromatic rings. The van der Waals surface area contributed by atoms with Crippen LogP contribution in [0.4, 0.5) is 0 Å². The monoisotopic (exact) mass is 485 g/mol. The van der Waals surface area contributed by atoms with Crippen molar-refractivity contribution in [2.24, 2.45) is 11.8 Å². The standard InChI is InChI=1S/C26H31NO8/c1-7-33-19-12-16(9-10-18(19)35-15(5)28)22-21(26(31)34-8-2)14(4)27-17-11-13(3)20(25(30)32-6)24(29)23(17)22/h9-10,12-13,20,22,27H,7-8,11H2,1-6H3/t13-,20+,22+/m1/s1. The zero-order valence-corrected chi connectivity index (χ0v) is 20.9. The minimum absolute atomic E-state index is 0.152. The molecule has 9 nitrogen and oxygen atoms in total. The Labute approximate surface area is 204 Å². The maximum absolute atomic E-state index is 13.7. The molecule has 1 aliphatic carbocycles. The van der Waals surface area contributed by atoms with Crippen molar-refractivity contribution in [3.63, 3.8) is 0 Å². The second-order valence-corrected chi connectivity index (χ2v) is 8.49. The number of Topliss-reactive ketones (excluding diaryl/α,β-unsaturated/α-hetero) is 1. The lowest BCUT2D eigenvalue weighted by Gasteiger charge is -2.38. The van der Waals surface area contributed by atoms with E-state index in [2.05, 4.69) is 5.32 Å². The molecule has 9 heteroatoms. The van der Waals surface area contributed by atoms with E-state index in [0.29, 0.717) is 41.3 Å². The van der Waals surface area contributed by atoms with Gasteiger partial charge in [0.05, 0.1) is 25.9 Å². The predicted octanol–water partition coefficient (Wildman–Crippen LogP) is 3.19. The maximum Gasteiger partial charge on any atom is 0.336 e. The number of methoxy groups -OCH3 is 1. The van der Waals surface area contributed by atoms with E-state index in [-0.39, 0.29) is 23.8 Å². The van der Waals surface area contributed by atoms with Crippen LogP contribution in [0.1, 0.15) is 52.5 Å². The van der Waals surface area contributed by atoms with Crippen molar-refractivity contribution >= 4 is 23.7 Å². The fraction of sp³-hybridized carbons (Fsp3) is 0.462. The molecule has 0 saturated heterocycles. The van der Waals surface area contributed by atoms with E-state index in [9.17, 15) is 19.2 Å². The third-order valence-electron chi connectivity index (χ3n) is 6.09. The summed E-state index contributed by atoms with van der Waals surface area (Å²) >= 11 is 0. The number of allylic oxidation sites excluding steroid dienone is 3. The summed E-state index contributed by atoms with van der Waals surface area (Å²) in [7, 11) is 1.25. The minimum Gasteiger partial charge on any atom is -0.490 e. The lowest BCUT2D eigenvalue weighted by atomic mass is 9.69. The molecule has 0 bridgehead atoms. The molecule has 188 valence electrons. The van der Waals surface area contributed by atoms with Crippen LogP contribution in [-0.4, -0.2) is 44.0 Å². The number of esters is 3. The van der Waals surface area contributed by atoms with Crippen LogP contribution in [0.3, 0.4) is 0 Å². The number of ketones is 1. The number of rotatable bonds is 7. The van der Waals surface area contributed by atoms with Gasteiger partial charge >= 0.3 is 17.9 Å². The van der Waals surface area contributed by atoms with Crippen LogP contribution in [-0.2, 0) is 28.7 Å². The molecule has 0 saturated carbocycles. The maximum atomic E-state index is 13.7. The molecule has 3 atom stereocenters. The van der Waals surface area contributed by atoms with Crippen molar-refractivity contribution in [2.75, 3.05) is 20.3 Å². The fourth-order valence-electron chi connectivity index (χ4n) is 4.70. The molecule has 3 rings (SSSR count). The predicted molar refractivity (Wildman–Crippen MR) is 125 cm³/mol. The van der Waals surface area contributed by atoms with Gasteiger partial charge in [0, 0.05) is 29.8 Å². The Bertz CT molecular complexity index is 1120. The summed E-state index contributed by atoms with van der Waals surface area (Å²) in [5.41, 5.74) is 2.35. The van der Waals surface area contributed by atoms with Crippen molar-refractivity contribution in [3.05, 3.63) is 46.3 Å². The zero-order valence-electron chi connectivity index (χ0n) is 20.9. The van der Waals surface area contributed by atoms with Crippen LogP contribution in [0.15, 0.2) is 40.7 Å². The number of hydrogen-bond acceptors (Lipinski definition) is 9. The lowest BCUT2D eigenvalue weighted by molar-refractivity contribution is -0.151. The molecule has 1 aliphatic heterocycles. The Hall–Kier alpha value is -3.62. The summed E-state index contributed by atoms with van der Waals surface area (Å²) in [5.74, 6) is -3.67. The summed E-state index contributed by atoms with van der Waals surface area (Å²) < 4.78 is 21.2. The first-order chi connectivity index (χ1) is 16.6. The van der Waals surface area contributed by atoms with Crippen molar-refractivity contribution < 1.29 is 38.1 Å². The Balaban J connectivity index is 2.22. The topological polar surface area (TPSA) is 117 Å². The minimum atomic E-state index is -0.989. The molecule has 0 aromatic heterocycles. The molecular formula is C26H31NO8. The molecule has 0 spiro atoms. The third kappa shape index (κ3) is 5.08. The van der Waals surface area contributed by atoms with Crippen LogP contribution in [0.5, 0.6) is 11.5 Å². The van der Waals surface area contributed by atoms with E-state index in [0.717, 1.165) is 0 Å². The summed E-state index contributed by atoms with van der Waals surface area (Å²) in [6, 6.07) is 4.88. The number of carbonyl (C=O) groups excluding carboxylic acids is 4. The van der Waals surface area contributed by atoms with Gasteiger partial charge in [-0.15, -0.1) is 0 Å². The molecule has 35 heavy (non-hydrogen) atoms. The van der Waals surface area contributed by atoms with Gasteiger partial charge in [-0.3, -0.25) is 14.4 Å². The van der Waals surface area contributed by atoms with Gasteiger partial charge < -0.3 is 24.3 Å². The van der Waals surface area contributed by atoms with Gasteiger partial charge in [-0.2, -0.15) is 0 Å². The summed E-state index contributed by atoms with van der Waals surface area (Å²) in [6.45, 7) is 8.80. The number of hydrogen-bond donors (Lipinski definition) is 1. The SMILES string of the molecule is CCOC(=O)C1=C(C)NC2=C(C(=O)[C@@H](C(=O)OC)[C@H](C)C2)[C@H]1c1ccc(OC(C)=O)c(OCC)c1. The van der Waals surface area contributed by atoms with Crippen molar-refractivity contribution in [1.82, 2.24) is 5.32 Å². The molecule has 0 amide bonds. The van der Waals surface area contributed by atoms with E-state index in [4.69, 9.17) is 18.9 Å². The van der Waals surface area contributed by atoms with Crippen molar-refractivity contribution in [2.45, 2.75) is 47.0 Å². The van der Waals surface area contributed by atoms with Gasteiger partial charge in [-0.25, -0.2) is 4.79 Å². The first-order valence-electron chi connectivity index (χ1n) is 11.6. The first kappa shape index (κ1) is 26.0. The van der Waals surface area contributed by atoms with E-state index in [1.165, 1.54) is 14.0 Å². The van der Waals surface area contributed by atoms with Gasteiger partial charge in [0.2, 0.25) is 0 Å². The molecule has 1 aromatic carbocycles. The van der Waals surface area contributed by atoms with Crippen LogP contribution in [0.2, 0.25) is 0 Å². The van der Waals surface area contributed by atoms with Gasteiger partial charge in [0.1, 0.15) is 5.92 Å². The number of carbonyl (C=O) groups is 4. The highest BCUT2D eigenvalue weighted by Gasteiger charge is 2.47. The zero-order chi connectivity index (χ0) is 25.9. The highest BCUT2D eigenvalue weighted by atomic mass is 16.6. The van der Waals surface area contributed by atoms with Gasteiger partial charge in [-0.05, 0) is 50.8 Å². The van der Waals surface area contributed by atoms with E-state index in [1.54, 1.807) is 39.0 Å². The third-order valence-corrected chi connectivity index (χ3v) is 6.09. The number of nitrogens with one attached hydrogen (secondary N) is 1. The number of dihydropyridines is 1. The van der Waals surface area contributed by atoms with Crippen LogP contribution in [0, 0.1) is 11.8 Å². The van der Waals surface area contributed by atoms with E-state index in [1.807, 2.05) is 6.92 Å². The smallest absolute Gasteiger partial charge is 0.336 e.